The second kappa shape index (κ2) is 6.42. The van der Waals surface area contributed by atoms with Crippen LogP contribution in [-0.2, 0) is 4.74 Å². The second-order valence-electron chi connectivity index (χ2n) is 3.91. The maximum absolute atomic E-state index is 12.1. The molecule has 2 aromatic rings. The highest BCUT2D eigenvalue weighted by molar-refractivity contribution is 7.80. The van der Waals surface area contributed by atoms with E-state index in [9.17, 15) is 9.59 Å². The molecule has 0 bridgehead atoms. The first-order valence-corrected chi connectivity index (χ1v) is 7.04. The molecule has 0 aliphatic rings. The van der Waals surface area contributed by atoms with Crippen molar-refractivity contribution in [3.63, 3.8) is 0 Å². The number of carbonyl (C=O) groups excluding carboxylic acids is 2. The van der Waals surface area contributed by atoms with Crippen molar-refractivity contribution in [3.8, 4) is 0 Å². The van der Waals surface area contributed by atoms with Crippen LogP contribution in [-0.4, -0.2) is 29.0 Å². The van der Waals surface area contributed by atoms with Crippen LogP contribution in [0, 0.1) is 0 Å². The lowest BCUT2D eigenvalue weighted by Gasteiger charge is -2.05. The van der Waals surface area contributed by atoms with Gasteiger partial charge >= 0.3 is 5.97 Å². The molecule has 0 aromatic carbocycles. The third kappa shape index (κ3) is 3.41. The van der Waals surface area contributed by atoms with Crippen molar-refractivity contribution in [2.24, 2.45) is 5.73 Å². The number of esters is 1. The second-order valence-corrected chi connectivity index (χ2v) is 5.26. The lowest BCUT2D eigenvalue weighted by atomic mass is 10.2. The molecule has 3 N–H and O–H groups in total. The zero-order valence-electron chi connectivity index (χ0n) is 11.0. The highest BCUT2D eigenvalue weighted by Crippen LogP contribution is 2.23. The summed E-state index contributed by atoms with van der Waals surface area (Å²) in [6.07, 6.45) is 1.42. The number of aromatic nitrogens is 1. The smallest absolute Gasteiger partial charge is 0.350 e. The summed E-state index contributed by atoms with van der Waals surface area (Å²) in [5, 5.41) is 4.30. The topological polar surface area (TPSA) is 94.3 Å². The molecule has 2 rings (SSSR count). The standard InChI is InChI=1S/C13H11N3O3S2/c1-19-13(18)10-8(4-5-21-10)16-12(17)9-3-2-7(6-15-9)11(14)20/h2-6H,1H3,(H2,14,20)(H,16,17). The van der Waals surface area contributed by atoms with Gasteiger partial charge in [-0.2, -0.15) is 0 Å². The van der Waals surface area contributed by atoms with E-state index in [0.717, 1.165) is 0 Å². The summed E-state index contributed by atoms with van der Waals surface area (Å²) in [7, 11) is 1.28. The fourth-order valence-corrected chi connectivity index (χ4v) is 2.41. The Bertz CT molecular complexity index is 695. The van der Waals surface area contributed by atoms with Crippen LogP contribution in [0.15, 0.2) is 29.8 Å². The molecule has 0 saturated heterocycles. The Morgan fingerprint density at radius 1 is 1.38 bits per heavy atom. The first kappa shape index (κ1) is 15.1. The van der Waals surface area contributed by atoms with Gasteiger partial charge in [-0.05, 0) is 23.6 Å². The molecular weight excluding hydrogens is 310 g/mol. The van der Waals surface area contributed by atoms with Crippen LogP contribution in [0.3, 0.4) is 0 Å². The number of methoxy groups -OCH3 is 1. The number of pyridine rings is 1. The Morgan fingerprint density at radius 2 is 2.14 bits per heavy atom. The lowest BCUT2D eigenvalue weighted by Crippen LogP contribution is -2.16. The summed E-state index contributed by atoms with van der Waals surface area (Å²) in [6.45, 7) is 0. The molecule has 2 heterocycles. The molecule has 6 nitrogen and oxygen atoms in total. The molecule has 0 atom stereocenters. The van der Waals surface area contributed by atoms with Crippen molar-refractivity contribution in [2.75, 3.05) is 12.4 Å². The maximum Gasteiger partial charge on any atom is 0.350 e. The first-order valence-electron chi connectivity index (χ1n) is 5.76. The summed E-state index contributed by atoms with van der Waals surface area (Å²) < 4.78 is 4.64. The molecule has 8 heteroatoms. The molecule has 1 amide bonds. The molecule has 0 radical (unpaired) electrons. The average Bonchev–Trinajstić information content (AvgIpc) is 2.94. The SMILES string of the molecule is COC(=O)c1sccc1NC(=O)c1ccc(C(N)=S)cn1. The molecule has 0 fully saturated rings. The van der Waals surface area contributed by atoms with Crippen LogP contribution in [0.4, 0.5) is 5.69 Å². The fraction of sp³-hybridized carbons (Fsp3) is 0.0769. The minimum Gasteiger partial charge on any atom is -0.465 e. The van der Waals surface area contributed by atoms with Crippen molar-refractivity contribution in [3.05, 3.63) is 45.9 Å². The zero-order valence-corrected chi connectivity index (χ0v) is 12.6. The Hall–Kier alpha value is -2.32. The quantitative estimate of drug-likeness (QED) is 0.659. The van der Waals surface area contributed by atoms with Crippen molar-refractivity contribution in [2.45, 2.75) is 0 Å². The van der Waals surface area contributed by atoms with Gasteiger partial charge in [0.05, 0.1) is 12.8 Å². The van der Waals surface area contributed by atoms with Crippen LogP contribution < -0.4 is 11.1 Å². The number of nitrogens with zero attached hydrogens (tertiary/aromatic N) is 1. The molecule has 0 aliphatic carbocycles. The van der Waals surface area contributed by atoms with Crippen LogP contribution in [0.2, 0.25) is 0 Å². The number of carbonyl (C=O) groups is 2. The van der Waals surface area contributed by atoms with Gasteiger partial charge in [0, 0.05) is 11.8 Å². The Balaban J connectivity index is 2.16. The zero-order chi connectivity index (χ0) is 15.4. The van der Waals surface area contributed by atoms with E-state index in [0.29, 0.717) is 16.1 Å². The van der Waals surface area contributed by atoms with E-state index >= 15 is 0 Å². The highest BCUT2D eigenvalue weighted by Gasteiger charge is 2.16. The fourth-order valence-electron chi connectivity index (χ4n) is 1.52. The molecule has 2 aromatic heterocycles. The number of nitrogens with one attached hydrogen (secondary N) is 1. The number of hydrogen-bond acceptors (Lipinski definition) is 6. The van der Waals surface area contributed by atoms with Gasteiger partial charge in [-0.3, -0.25) is 9.78 Å². The predicted molar refractivity (Wildman–Crippen MR) is 83.7 cm³/mol. The molecule has 0 spiro atoms. The van der Waals surface area contributed by atoms with Gasteiger partial charge in [-0.1, -0.05) is 12.2 Å². The number of thiophene rings is 1. The number of thiocarbonyl (C=S) groups is 1. The normalized spacial score (nSPS) is 9.95. The Morgan fingerprint density at radius 3 is 2.71 bits per heavy atom. The molecule has 0 saturated carbocycles. The first-order chi connectivity index (χ1) is 10.0. The largest absolute Gasteiger partial charge is 0.465 e. The minimum atomic E-state index is -0.503. The summed E-state index contributed by atoms with van der Waals surface area (Å²) >= 11 is 5.99. The number of hydrogen-bond donors (Lipinski definition) is 2. The molecule has 108 valence electrons. The van der Waals surface area contributed by atoms with Crippen LogP contribution >= 0.6 is 23.6 Å². The maximum atomic E-state index is 12.1. The Kier molecular flexibility index (Phi) is 4.61. The number of rotatable bonds is 4. The number of amides is 1. The summed E-state index contributed by atoms with van der Waals surface area (Å²) in [6, 6.07) is 4.74. The van der Waals surface area contributed by atoms with Gasteiger partial charge in [0.1, 0.15) is 15.6 Å². The van der Waals surface area contributed by atoms with Gasteiger partial charge in [-0.25, -0.2) is 4.79 Å². The van der Waals surface area contributed by atoms with Crippen LogP contribution in [0.5, 0.6) is 0 Å². The van der Waals surface area contributed by atoms with E-state index < -0.39 is 11.9 Å². The predicted octanol–water partition coefficient (Wildman–Crippen LogP) is 1.82. The summed E-state index contributed by atoms with van der Waals surface area (Å²) in [5.41, 5.74) is 6.61. The van der Waals surface area contributed by atoms with Crippen molar-refractivity contribution in [1.82, 2.24) is 4.98 Å². The van der Waals surface area contributed by atoms with E-state index in [4.69, 9.17) is 18.0 Å². The third-order valence-corrected chi connectivity index (χ3v) is 3.70. The highest BCUT2D eigenvalue weighted by atomic mass is 32.1. The van der Waals surface area contributed by atoms with E-state index in [1.54, 1.807) is 17.5 Å². The van der Waals surface area contributed by atoms with Crippen LogP contribution in [0.1, 0.15) is 25.7 Å². The summed E-state index contributed by atoms with van der Waals surface area (Å²) in [4.78, 5) is 28.1. The van der Waals surface area contributed by atoms with E-state index in [1.165, 1.54) is 30.7 Å². The molecule has 0 aliphatic heterocycles. The van der Waals surface area contributed by atoms with E-state index in [-0.39, 0.29) is 10.7 Å². The average molecular weight is 321 g/mol. The minimum absolute atomic E-state index is 0.192. The number of anilines is 1. The number of ether oxygens (including phenoxy) is 1. The Labute approximate surface area is 129 Å². The molecular formula is C13H11N3O3S2. The van der Waals surface area contributed by atoms with Gasteiger partial charge in [-0.15, -0.1) is 11.3 Å². The van der Waals surface area contributed by atoms with Gasteiger partial charge in [0.25, 0.3) is 5.91 Å². The monoisotopic (exact) mass is 321 g/mol. The van der Waals surface area contributed by atoms with Crippen LogP contribution in [0.25, 0.3) is 0 Å². The van der Waals surface area contributed by atoms with Crippen molar-refractivity contribution < 1.29 is 14.3 Å². The van der Waals surface area contributed by atoms with Gasteiger partial charge in [0.2, 0.25) is 0 Å². The van der Waals surface area contributed by atoms with Gasteiger partial charge in [0.15, 0.2) is 0 Å². The molecule has 21 heavy (non-hydrogen) atoms. The van der Waals surface area contributed by atoms with Crippen molar-refractivity contribution >= 4 is 46.1 Å². The van der Waals surface area contributed by atoms with Crippen molar-refractivity contribution in [1.29, 1.82) is 0 Å². The van der Waals surface area contributed by atoms with E-state index in [1.807, 2.05) is 0 Å². The molecule has 0 unspecified atom stereocenters. The third-order valence-electron chi connectivity index (χ3n) is 2.56. The van der Waals surface area contributed by atoms with Gasteiger partial charge < -0.3 is 15.8 Å². The summed E-state index contributed by atoms with van der Waals surface area (Å²) in [5.74, 6) is -0.940. The lowest BCUT2D eigenvalue weighted by molar-refractivity contribution is 0.0607. The number of nitrogens with two attached hydrogens (primary N) is 1. The van der Waals surface area contributed by atoms with E-state index in [2.05, 4.69) is 15.0 Å².